The highest BCUT2D eigenvalue weighted by Crippen LogP contribution is 2.25. The van der Waals surface area contributed by atoms with Gasteiger partial charge in [-0.15, -0.1) is 0 Å². The summed E-state index contributed by atoms with van der Waals surface area (Å²) in [5, 5.41) is 7.79. The first kappa shape index (κ1) is 12.9. The summed E-state index contributed by atoms with van der Waals surface area (Å²) in [5.41, 5.74) is 5.51. The van der Waals surface area contributed by atoms with Crippen molar-refractivity contribution < 1.29 is 0 Å². The Kier molecular flexibility index (Phi) is 3.28. The van der Waals surface area contributed by atoms with Crippen LogP contribution in [0.4, 0.5) is 0 Å². The molecule has 0 amide bonds. The Labute approximate surface area is 118 Å². The van der Waals surface area contributed by atoms with Gasteiger partial charge in [0.05, 0.1) is 16.7 Å². The summed E-state index contributed by atoms with van der Waals surface area (Å²) in [4.78, 5) is 7.71. The van der Waals surface area contributed by atoms with Crippen molar-refractivity contribution in [3.8, 4) is 11.3 Å². The first-order valence-corrected chi connectivity index (χ1v) is 6.81. The molecule has 5 nitrogen and oxygen atoms in total. The summed E-state index contributed by atoms with van der Waals surface area (Å²) in [6.07, 6.45) is 3.06. The molecule has 0 radical (unpaired) electrons. The second-order valence-corrected chi connectivity index (χ2v) is 5.08. The number of nitrogens with one attached hydrogen (secondary N) is 2. The molecule has 0 bridgehead atoms. The summed E-state index contributed by atoms with van der Waals surface area (Å²) in [6.45, 7) is 2.92. The van der Waals surface area contributed by atoms with Crippen LogP contribution in [0, 0.1) is 6.92 Å². The van der Waals surface area contributed by atoms with E-state index in [0.717, 1.165) is 41.1 Å². The molecule has 3 rings (SSSR count). The number of benzene rings is 1. The molecule has 0 atom stereocenters. The Morgan fingerprint density at radius 3 is 3.00 bits per heavy atom. The summed E-state index contributed by atoms with van der Waals surface area (Å²) < 4.78 is 1.88. The van der Waals surface area contributed by atoms with Crippen LogP contribution in [0.15, 0.2) is 24.4 Å². The topological polar surface area (TPSA) is 58.5 Å². The predicted molar refractivity (Wildman–Crippen MR) is 80.7 cm³/mol. The number of nitrogens with zero attached hydrogens (tertiary/aromatic N) is 3. The number of hydrogen-bond donors (Lipinski definition) is 2. The number of imidazole rings is 1. The van der Waals surface area contributed by atoms with Crippen molar-refractivity contribution in [3.05, 3.63) is 35.8 Å². The average molecular weight is 269 g/mol. The van der Waals surface area contributed by atoms with Gasteiger partial charge in [0, 0.05) is 18.8 Å². The summed E-state index contributed by atoms with van der Waals surface area (Å²) in [7, 11) is 3.93. The summed E-state index contributed by atoms with van der Waals surface area (Å²) in [5.74, 6) is 0.938. The molecule has 0 aliphatic carbocycles. The smallest absolute Gasteiger partial charge is 0.104 e. The van der Waals surface area contributed by atoms with Crippen molar-refractivity contribution in [2.75, 3.05) is 13.6 Å². The minimum atomic E-state index is 0.938. The van der Waals surface area contributed by atoms with Crippen molar-refractivity contribution in [2.45, 2.75) is 13.3 Å². The van der Waals surface area contributed by atoms with Crippen molar-refractivity contribution in [1.82, 2.24) is 25.1 Å². The Bertz CT molecular complexity index is 738. The van der Waals surface area contributed by atoms with Crippen molar-refractivity contribution in [3.63, 3.8) is 0 Å². The van der Waals surface area contributed by atoms with Gasteiger partial charge in [-0.25, -0.2) is 4.98 Å². The molecule has 0 aliphatic heterocycles. The fourth-order valence-corrected chi connectivity index (χ4v) is 2.51. The monoisotopic (exact) mass is 269 g/mol. The van der Waals surface area contributed by atoms with Gasteiger partial charge in [0.25, 0.3) is 0 Å². The average Bonchev–Trinajstić information content (AvgIpc) is 2.97. The Morgan fingerprint density at radius 2 is 2.20 bits per heavy atom. The van der Waals surface area contributed by atoms with E-state index < -0.39 is 0 Å². The number of likely N-dealkylation sites (N-methyl/N-ethyl adjacent to an activating group) is 1. The number of rotatable bonds is 4. The molecule has 1 aromatic carbocycles. The fraction of sp³-hybridized carbons (Fsp3) is 0.333. The Hall–Kier alpha value is -2.14. The second-order valence-electron chi connectivity index (χ2n) is 5.08. The molecule has 0 fully saturated rings. The van der Waals surface area contributed by atoms with Crippen molar-refractivity contribution in [1.29, 1.82) is 0 Å². The number of H-pyrrole nitrogens is 1. The van der Waals surface area contributed by atoms with Gasteiger partial charge in [-0.1, -0.05) is 6.07 Å². The maximum absolute atomic E-state index is 4.60. The van der Waals surface area contributed by atoms with Gasteiger partial charge >= 0.3 is 0 Å². The molecule has 0 unspecified atom stereocenters. The molecule has 0 aliphatic rings. The van der Waals surface area contributed by atoms with Gasteiger partial charge in [-0.05, 0) is 44.6 Å². The van der Waals surface area contributed by atoms with E-state index in [4.69, 9.17) is 0 Å². The van der Waals surface area contributed by atoms with E-state index in [9.17, 15) is 0 Å². The number of aryl methyl sites for hydroxylation is 2. The highest BCUT2D eigenvalue weighted by Gasteiger charge is 2.11. The van der Waals surface area contributed by atoms with Gasteiger partial charge in [-0.2, -0.15) is 5.10 Å². The maximum Gasteiger partial charge on any atom is 0.104 e. The van der Waals surface area contributed by atoms with E-state index in [2.05, 4.69) is 38.7 Å². The van der Waals surface area contributed by atoms with Crippen LogP contribution >= 0.6 is 0 Å². The molecule has 3 aromatic rings. The molecular weight excluding hydrogens is 250 g/mol. The van der Waals surface area contributed by atoms with Crippen LogP contribution in [0.1, 0.15) is 11.4 Å². The van der Waals surface area contributed by atoms with E-state index in [1.807, 2.05) is 31.8 Å². The quantitative estimate of drug-likeness (QED) is 0.762. The van der Waals surface area contributed by atoms with Gasteiger partial charge in [-0.3, -0.25) is 4.68 Å². The molecular formula is C15H19N5. The van der Waals surface area contributed by atoms with E-state index >= 15 is 0 Å². The predicted octanol–water partition coefficient (Wildman–Crippen LogP) is 2.03. The van der Waals surface area contributed by atoms with Crippen LogP contribution in [-0.4, -0.2) is 33.3 Å². The number of hydrogen-bond acceptors (Lipinski definition) is 3. The van der Waals surface area contributed by atoms with Crippen molar-refractivity contribution in [2.24, 2.45) is 7.05 Å². The van der Waals surface area contributed by atoms with Gasteiger partial charge in [0.2, 0.25) is 0 Å². The molecule has 5 heteroatoms. The lowest BCUT2D eigenvalue weighted by atomic mass is 10.1. The standard InChI is InChI=1S/C15H19N5/c1-10-17-13-5-4-11(8-14(13)18-10)15-12(6-7-16-2)9-20(3)19-15/h4-5,8-9,16H,6-7H2,1-3H3,(H,17,18). The third-order valence-electron chi connectivity index (χ3n) is 3.42. The van der Waals surface area contributed by atoms with E-state index in [-0.39, 0.29) is 0 Å². The van der Waals surface area contributed by atoms with Crippen LogP contribution in [0.2, 0.25) is 0 Å². The molecule has 104 valence electrons. The largest absolute Gasteiger partial charge is 0.342 e. The zero-order valence-electron chi connectivity index (χ0n) is 12.1. The van der Waals surface area contributed by atoms with Crippen LogP contribution in [0.25, 0.3) is 22.3 Å². The highest BCUT2D eigenvalue weighted by molar-refractivity contribution is 5.81. The third kappa shape index (κ3) is 2.32. The van der Waals surface area contributed by atoms with Crippen LogP contribution < -0.4 is 5.32 Å². The fourth-order valence-electron chi connectivity index (χ4n) is 2.51. The normalized spacial score (nSPS) is 11.3. The van der Waals surface area contributed by atoms with Crippen LogP contribution in [0.3, 0.4) is 0 Å². The summed E-state index contributed by atoms with van der Waals surface area (Å²) >= 11 is 0. The molecule has 0 spiro atoms. The van der Waals surface area contributed by atoms with Gasteiger partial charge in [0.15, 0.2) is 0 Å². The molecule has 20 heavy (non-hydrogen) atoms. The molecule has 0 saturated carbocycles. The zero-order chi connectivity index (χ0) is 14.1. The Balaban J connectivity index is 2.05. The first-order valence-electron chi connectivity index (χ1n) is 6.81. The van der Waals surface area contributed by atoms with E-state index in [1.54, 1.807) is 0 Å². The zero-order valence-corrected chi connectivity index (χ0v) is 12.1. The first-order chi connectivity index (χ1) is 9.67. The minimum Gasteiger partial charge on any atom is -0.342 e. The highest BCUT2D eigenvalue weighted by atomic mass is 15.3. The molecule has 2 N–H and O–H groups in total. The SMILES string of the molecule is CNCCc1cn(C)nc1-c1ccc2nc(C)[nH]c2c1. The summed E-state index contributed by atoms with van der Waals surface area (Å²) in [6, 6.07) is 6.26. The number of fused-ring (bicyclic) bond motifs is 1. The molecule has 2 aromatic heterocycles. The maximum atomic E-state index is 4.60. The number of aromatic amines is 1. The van der Waals surface area contributed by atoms with E-state index in [1.165, 1.54) is 5.56 Å². The minimum absolute atomic E-state index is 0.938. The van der Waals surface area contributed by atoms with Gasteiger partial charge in [0.1, 0.15) is 5.82 Å². The molecule has 2 heterocycles. The Morgan fingerprint density at radius 1 is 1.35 bits per heavy atom. The van der Waals surface area contributed by atoms with Crippen LogP contribution in [0.5, 0.6) is 0 Å². The van der Waals surface area contributed by atoms with Crippen molar-refractivity contribution >= 4 is 11.0 Å². The lowest BCUT2D eigenvalue weighted by molar-refractivity contribution is 0.765. The lowest BCUT2D eigenvalue weighted by Gasteiger charge is -2.02. The van der Waals surface area contributed by atoms with Gasteiger partial charge < -0.3 is 10.3 Å². The lowest BCUT2D eigenvalue weighted by Crippen LogP contribution is -2.10. The van der Waals surface area contributed by atoms with Crippen LogP contribution in [-0.2, 0) is 13.5 Å². The van der Waals surface area contributed by atoms with E-state index in [0.29, 0.717) is 0 Å². The number of aromatic nitrogens is 4. The second kappa shape index (κ2) is 5.09. The molecule has 0 saturated heterocycles. The third-order valence-corrected chi connectivity index (χ3v) is 3.42.